The highest BCUT2D eigenvalue weighted by Gasteiger charge is 2.18. The Kier molecular flexibility index (Phi) is 5.20. The van der Waals surface area contributed by atoms with Crippen LogP contribution in [-0.2, 0) is 16.0 Å². The quantitative estimate of drug-likeness (QED) is 0.659. The molecule has 0 fully saturated rings. The van der Waals surface area contributed by atoms with E-state index in [0.29, 0.717) is 18.5 Å². The third-order valence-corrected chi connectivity index (χ3v) is 2.41. The molecule has 98 valence electrons. The minimum absolute atomic E-state index is 0.263. The van der Waals surface area contributed by atoms with Crippen LogP contribution in [0.15, 0.2) is 30.3 Å². The van der Waals surface area contributed by atoms with Gasteiger partial charge in [0.1, 0.15) is 6.04 Å². The number of nitrogens with one attached hydrogen (secondary N) is 1. The fraction of sp³-hybridized carbons (Fsp3) is 0.385. The number of hydrogen-bond acceptors (Lipinski definition) is 3. The molecule has 0 aliphatic heterocycles. The molecule has 1 amide bonds. The van der Waals surface area contributed by atoms with E-state index in [4.69, 9.17) is 12.2 Å². The van der Waals surface area contributed by atoms with E-state index in [0.717, 1.165) is 0 Å². The molecule has 0 aliphatic carbocycles. The van der Waals surface area contributed by atoms with Crippen molar-refractivity contribution < 1.29 is 16.1 Å². The topological polar surface area (TPSA) is 92.4 Å². The van der Waals surface area contributed by atoms with Crippen LogP contribution >= 0.6 is 0 Å². The molecule has 2 atom stereocenters. The summed E-state index contributed by atoms with van der Waals surface area (Å²) in [5.41, 5.74) is 5.85. The molecule has 1 unspecified atom stereocenters. The molecule has 5 nitrogen and oxygen atoms in total. The van der Waals surface area contributed by atoms with E-state index in [1.165, 1.54) is 0 Å². The van der Waals surface area contributed by atoms with E-state index in [1.807, 2.05) is 0 Å². The van der Waals surface area contributed by atoms with Gasteiger partial charge in [-0.05, 0) is 24.9 Å². The Balaban J connectivity index is 2.64. The highest BCUT2D eigenvalue weighted by Crippen LogP contribution is 2.01. The summed E-state index contributed by atoms with van der Waals surface area (Å²) in [4.78, 5) is 22.8. The Hall–Kier alpha value is -1.88. The standard InChI is InChI=1S/C13H18N2O3/c14-8-4-7-11(13(17)18)15-12(16)9-10-5-2-1-3-6-10/h1-3,5-6,11H,4,7-9,14H2,(H,15,16)(H,17,18)/t11-/m0/s1/i9D/t9?,11-. The van der Waals surface area contributed by atoms with E-state index in [2.05, 4.69) is 5.32 Å². The minimum atomic E-state index is -1.12. The zero-order valence-electron chi connectivity index (χ0n) is 11.0. The smallest absolute Gasteiger partial charge is 0.326 e. The zero-order valence-corrected chi connectivity index (χ0v) is 10.0. The molecule has 4 N–H and O–H groups in total. The van der Waals surface area contributed by atoms with Gasteiger partial charge >= 0.3 is 5.97 Å². The van der Waals surface area contributed by atoms with Crippen molar-refractivity contribution in [2.24, 2.45) is 5.73 Å². The fourth-order valence-corrected chi connectivity index (χ4v) is 1.49. The van der Waals surface area contributed by atoms with Crippen LogP contribution in [-0.4, -0.2) is 29.6 Å². The number of carbonyl (C=O) groups excluding carboxylic acids is 1. The average molecular weight is 251 g/mol. The SMILES string of the molecule is [2H]C(C(=O)N[C@@H](CCCN)C(=O)O)c1ccccc1. The average Bonchev–Trinajstić information content (AvgIpc) is 2.43. The predicted octanol–water partition coefficient (Wildman–Crippen LogP) is 0.537. The van der Waals surface area contributed by atoms with E-state index < -0.39 is 24.3 Å². The van der Waals surface area contributed by atoms with Crippen LogP contribution in [0.5, 0.6) is 0 Å². The van der Waals surface area contributed by atoms with E-state index in [-0.39, 0.29) is 6.42 Å². The summed E-state index contributed by atoms with van der Waals surface area (Å²) in [6.45, 7) is 0.364. The lowest BCUT2D eigenvalue weighted by Gasteiger charge is -2.13. The lowest BCUT2D eigenvalue weighted by molar-refractivity contribution is -0.141. The van der Waals surface area contributed by atoms with Gasteiger partial charge in [-0.2, -0.15) is 0 Å². The van der Waals surface area contributed by atoms with Crippen molar-refractivity contribution in [3.8, 4) is 0 Å². The number of carboxylic acid groups (broad SMARTS) is 1. The Bertz CT molecular complexity index is 425. The maximum Gasteiger partial charge on any atom is 0.326 e. The molecular formula is C13H18N2O3. The molecule has 0 saturated carbocycles. The number of hydrogen-bond donors (Lipinski definition) is 3. The highest BCUT2D eigenvalue weighted by atomic mass is 16.4. The van der Waals surface area contributed by atoms with Crippen molar-refractivity contribution in [2.75, 3.05) is 6.54 Å². The number of amides is 1. The molecule has 1 aromatic rings. The van der Waals surface area contributed by atoms with Gasteiger partial charge in [-0.1, -0.05) is 30.3 Å². The number of benzene rings is 1. The summed E-state index contributed by atoms with van der Waals surface area (Å²) in [6.07, 6.45) is -0.356. The molecule has 0 aliphatic rings. The number of nitrogens with two attached hydrogens (primary N) is 1. The largest absolute Gasteiger partial charge is 0.480 e. The molecule has 1 rings (SSSR count). The monoisotopic (exact) mass is 251 g/mol. The van der Waals surface area contributed by atoms with Gasteiger partial charge in [-0.3, -0.25) is 4.79 Å². The highest BCUT2D eigenvalue weighted by molar-refractivity contribution is 5.84. The molecule has 0 heterocycles. The zero-order chi connectivity index (χ0) is 14.3. The fourth-order valence-electron chi connectivity index (χ4n) is 1.49. The third-order valence-electron chi connectivity index (χ3n) is 2.41. The second kappa shape index (κ2) is 7.45. The second-order valence-electron chi connectivity index (χ2n) is 3.89. The molecule has 0 aromatic heterocycles. The van der Waals surface area contributed by atoms with Crippen LogP contribution in [0.1, 0.15) is 19.8 Å². The molecule has 18 heavy (non-hydrogen) atoms. The number of aliphatic carboxylic acids is 1. The molecule has 1 aromatic carbocycles. The van der Waals surface area contributed by atoms with Gasteiger partial charge in [0.05, 0.1) is 6.40 Å². The van der Waals surface area contributed by atoms with Crippen LogP contribution in [0.3, 0.4) is 0 Å². The summed E-state index contributed by atoms with van der Waals surface area (Å²) in [7, 11) is 0. The van der Waals surface area contributed by atoms with Crippen molar-refractivity contribution in [3.05, 3.63) is 35.9 Å². The Morgan fingerprint density at radius 2 is 2.06 bits per heavy atom. The number of rotatable bonds is 7. The van der Waals surface area contributed by atoms with Crippen LogP contribution in [0.4, 0.5) is 0 Å². The first-order valence-corrected chi connectivity index (χ1v) is 5.76. The maximum absolute atomic E-state index is 11.8. The first-order valence-electron chi connectivity index (χ1n) is 6.34. The van der Waals surface area contributed by atoms with Gasteiger partial charge in [0, 0.05) is 1.37 Å². The van der Waals surface area contributed by atoms with E-state index in [9.17, 15) is 9.59 Å². The van der Waals surface area contributed by atoms with E-state index >= 15 is 0 Å². The molecule has 0 bridgehead atoms. The lowest BCUT2D eigenvalue weighted by atomic mass is 10.1. The third kappa shape index (κ3) is 4.97. The first kappa shape index (κ1) is 12.6. The molecule has 0 radical (unpaired) electrons. The predicted molar refractivity (Wildman–Crippen MR) is 68.0 cm³/mol. The van der Waals surface area contributed by atoms with Crippen molar-refractivity contribution in [1.82, 2.24) is 5.32 Å². The van der Waals surface area contributed by atoms with Crippen LogP contribution in [0.2, 0.25) is 0 Å². The van der Waals surface area contributed by atoms with Gasteiger partial charge in [-0.15, -0.1) is 0 Å². The van der Waals surface area contributed by atoms with E-state index in [1.54, 1.807) is 30.3 Å². The summed E-state index contributed by atoms with van der Waals surface area (Å²) in [6, 6.07) is 7.57. The molecule has 5 heteroatoms. The van der Waals surface area contributed by atoms with Crippen LogP contribution in [0.25, 0.3) is 0 Å². The number of carboxylic acids is 1. The molecular weight excluding hydrogens is 232 g/mol. The van der Waals surface area contributed by atoms with Crippen molar-refractivity contribution >= 4 is 11.9 Å². The van der Waals surface area contributed by atoms with Gasteiger partial charge in [-0.25, -0.2) is 4.79 Å². The minimum Gasteiger partial charge on any atom is -0.480 e. The Labute approximate surface area is 107 Å². The lowest BCUT2D eigenvalue weighted by Crippen LogP contribution is -2.41. The van der Waals surface area contributed by atoms with Gasteiger partial charge in [0.15, 0.2) is 0 Å². The second-order valence-corrected chi connectivity index (χ2v) is 3.89. The summed E-state index contributed by atoms with van der Waals surface area (Å²) in [5, 5.41) is 11.4. The summed E-state index contributed by atoms with van der Waals surface area (Å²) in [5.74, 6) is -1.72. The van der Waals surface area contributed by atoms with Crippen molar-refractivity contribution in [1.29, 1.82) is 0 Å². The van der Waals surface area contributed by atoms with Crippen molar-refractivity contribution in [3.63, 3.8) is 0 Å². The Morgan fingerprint density at radius 3 is 2.61 bits per heavy atom. The van der Waals surface area contributed by atoms with Gasteiger partial charge in [0.25, 0.3) is 0 Å². The summed E-state index contributed by atoms with van der Waals surface area (Å²) < 4.78 is 7.80. The van der Waals surface area contributed by atoms with Crippen molar-refractivity contribution in [2.45, 2.75) is 25.3 Å². The Morgan fingerprint density at radius 1 is 1.39 bits per heavy atom. The first-order chi connectivity index (χ1) is 9.06. The molecule has 0 saturated heterocycles. The number of carbonyl (C=O) groups is 2. The normalized spacial score (nSPS) is 14.4. The summed E-state index contributed by atoms with van der Waals surface area (Å²) >= 11 is 0. The van der Waals surface area contributed by atoms with Crippen LogP contribution in [0, 0.1) is 0 Å². The van der Waals surface area contributed by atoms with Gasteiger partial charge < -0.3 is 16.2 Å². The van der Waals surface area contributed by atoms with Gasteiger partial charge in [0.2, 0.25) is 5.91 Å². The maximum atomic E-state index is 11.8. The molecule has 0 spiro atoms. The van der Waals surface area contributed by atoms with Crippen LogP contribution < -0.4 is 11.1 Å².